The van der Waals surface area contributed by atoms with E-state index in [1.165, 1.54) is 12.1 Å². The lowest BCUT2D eigenvalue weighted by atomic mass is 9.87. The minimum Gasteiger partial charge on any atom is -0.480 e. The van der Waals surface area contributed by atoms with Crippen molar-refractivity contribution in [1.29, 1.82) is 0 Å². The lowest BCUT2D eigenvalue weighted by molar-refractivity contribution is -0.154. The third kappa shape index (κ3) is 12.2. The molecule has 0 amide bonds. The van der Waals surface area contributed by atoms with E-state index >= 15 is 0 Å². The Balaban J connectivity index is 3.32. The summed E-state index contributed by atoms with van der Waals surface area (Å²) < 4.78 is 16.7. The van der Waals surface area contributed by atoms with Crippen LogP contribution >= 0.6 is 0 Å². The van der Waals surface area contributed by atoms with E-state index in [1.807, 2.05) is 41.5 Å². The van der Waals surface area contributed by atoms with Crippen LogP contribution < -0.4 is 15.2 Å². The molecule has 0 fully saturated rings. The molecule has 0 aromatic heterocycles. The Kier molecular flexibility index (Phi) is 14.2. The van der Waals surface area contributed by atoms with Gasteiger partial charge in [-0.1, -0.05) is 54.5 Å². The number of carbonyl (C=O) groups excluding carboxylic acids is 3. The first-order valence-corrected chi connectivity index (χ1v) is 13.9. The number of aliphatic carboxylic acids is 1. The second-order valence-electron chi connectivity index (χ2n) is 11.5. The van der Waals surface area contributed by atoms with Gasteiger partial charge in [0.1, 0.15) is 6.04 Å². The topological polar surface area (TPSA) is 142 Å². The number of hydrogen-bond donors (Lipinski definition) is 2. The standard InChI is InChI=1S/C30H47NO8/c1-17(2)9-13-26(32)38-24-12-11-22(16-25(24)39-27(33)14-10-18(3)4)23(28(31)29(34)35)15-20(7)37-30(36)21(8)19(5)6/h11-12,16-21,23,28H,9-10,13-15,31H2,1-8H3,(H,34,35)/t20?,21?,23?,28-/m0/s1. The van der Waals surface area contributed by atoms with Crippen LogP contribution in [0.2, 0.25) is 0 Å². The van der Waals surface area contributed by atoms with Crippen LogP contribution in [-0.4, -0.2) is 41.1 Å². The predicted octanol–water partition coefficient (Wildman–Crippen LogP) is 5.48. The Labute approximate surface area is 232 Å². The van der Waals surface area contributed by atoms with Gasteiger partial charge in [0.25, 0.3) is 0 Å². The van der Waals surface area contributed by atoms with Crippen LogP contribution in [0.1, 0.15) is 99.0 Å². The number of carbonyl (C=O) groups is 4. The average molecular weight is 550 g/mol. The molecule has 3 unspecified atom stereocenters. The minimum atomic E-state index is -1.32. The van der Waals surface area contributed by atoms with Crippen LogP contribution in [0.25, 0.3) is 0 Å². The van der Waals surface area contributed by atoms with Crippen molar-refractivity contribution < 1.29 is 38.5 Å². The summed E-state index contributed by atoms with van der Waals surface area (Å²) in [6.45, 7) is 15.3. The average Bonchev–Trinajstić information content (AvgIpc) is 2.84. The summed E-state index contributed by atoms with van der Waals surface area (Å²) in [6, 6.07) is 3.23. The van der Waals surface area contributed by atoms with E-state index in [9.17, 15) is 24.3 Å². The first-order chi connectivity index (χ1) is 18.1. The van der Waals surface area contributed by atoms with Gasteiger partial charge < -0.3 is 25.1 Å². The van der Waals surface area contributed by atoms with Gasteiger partial charge in [-0.15, -0.1) is 0 Å². The summed E-state index contributed by atoms with van der Waals surface area (Å²) in [5, 5.41) is 9.70. The second-order valence-corrected chi connectivity index (χ2v) is 11.5. The van der Waals surface area contributed by atoms with Crippen molar-refractivity contribution in [2.24, 2.45) is 29.4 Å². The molecule has 0 aliphatic heterocycles. The Hall–Kier alpha value is -2.94. The van der Waals surface area contributed by atoms with Gasteiger partial charge in [-0.25, -0.2) is 0 Å². The molecule has 0 aliphatic rings. The summed E-state index contributed by atoms with van der Waals surface area (Å²) in [7, 11) is 0. The van der Waals surface area contributed by atoms with E-state index in [-0.39, 0.29) is 54.5 Å². The molecule has 0 spiro atoms. The number of nitrogens with two attached hydrogens (primary N) is 1. The minimum absolute atomic E-state index is 0.0137. The fourth-order valence-electron chi connectivity index (χ4n) is 3.73. The molecule has 220 valence electrons. The summed E-state index contributed by atoms with van der Waals surface area (Å²) in [4.78, 5) is 49.3. The molecule has 1 rings (SSSR count). The van der Waals surface area contributed by atoms with Gasteiger partial charge in [0.05, 0.1) is 12.0 Å². The van der Waals surface area contributed by atoms with Gasteiger partial charge >= 0.3 is 23.9 Å². The third-order valence-electron chi connectivity index (χ3n) is 6.69. The number of carboxylic acid groups (broad SMARTS) is 1. The molecule has 9 heteroatoms. The van der Waals surface area contributed by atoms with Crippen LogP contribution in [-0.2, 0) is 23.9 Å². The number of rotatable bonds is 16. The Morgan fingerprint density at radius 3 is 1.79 bits per heavy atom. The number of esters is 3. The third-order valence-corrected chi connectivity index (χ3v) is 6.69. The van der Waals surface area contributed by atoms with E-state index in [0.29, 0.717) is 24.3 Å². The van der Waals surface area contributed by atoms with Crippen molar-refractivity contribution in [3.05, 3.63) is 23.8 Å². The predicted molar refractivity (Wildman–Crippen MR) is 148 cm³/mol. The Morgan fingerprint density at radius 2 is 1.33 bits per heavy atom. The fraction of sp³-hybridized carbons (Fsp3) is 0.667. The molecule has 0 aliphatic carbocycles. The molecule has 0 heterocycles. The quantitative estimate of drug-likeness (QED) is 0.202. The number of ether oxygens (including phenoxy) is 3. The first-order valence-electron chi connectivity index (χ1n) is 13.9. The zero-order chi connectivity index (χ0) is 29.9. The van der Waals surface area contributed by atoms with Gasteiger partial charge in [-0.3, -0.25) is 19.2 Å². The Morgan fingerprint density at radius 1 is 0.821 bits per heavy atom. The van der Waals surface area contributed by atoms with Crippen molar-refractivity contribution in [1.82, 2.24) is 0 Å². The van der Waals surface area contributed by atoms with Crippen molar-refractivity contribution >= 4 is 23.9 Å². The maximum Gasteiger partial charge on any atom is 0.321 e. The number of hydrogen-bond acceptors (Lipinski definition) is 8. The normalized spacial score (nSPS) is 14.6. The molecule has 4 atom stereocenters. The monoisotopic (exact) mass is 549 g/mol. The van der Waals surface area contributed by atoms with Crippen molar-refractivity contribution in [2.45, 2.75) is 106 Å². The van der Waals surface area contributed by atoms with Gasteiger partial charge in [0.2, 0.25) is 0 Å². The smallest absolute Gasteiger partial charge is 0.321 e. The maximum absolute atomic E-state index is 12.6. The van der Waals surface area contributed by atoms with Crippen molar-refractivity contribution in [2.75, 3.05) is 0 Å². The highest BCUT2D eigenvalue weighted by atomic mass is 16.6. The van der Waals surface area contributed by atoms with Crippen LogP contribution in [0.4, 0.5) is 0 Å². The molecule has 0 saturated heterocycles. The largest absolute Gasteiger partial charge is 0.480 e. The van der Waals surface area contributed by atoms with Crippen molar-refractivity contribution in [3.63, 3.8) is 0 Å². The zero-order valence-corrected chi connectivity index (χ0v) is 24.7. The van der Waals surface area contributed by atoms with Gasteiger partial charge in [-0.05, 0) is 61.6 Å². The second kappa shape index (κ2) is 16.2. The molecule has 9 nitrogen and oxygen atoms in total. The molecule has 3 N–H and O–H groups in total. The van der Waals surface area contributed by atoms with Gasteiger partial charge in [0.15, 0.2) is 11.5 Å². The van der Waals surface area contributed by atoms with Gasteiger partial charge in [0, 0.05) is 18.8 Å². The molecular weight excluding hydrogens is 502 g/mol. The summed E-state index contributed by atoms with van der Waals surface area (Å²) in [6.07, 6.45) is 1.12. The van der Waals surface area contributed by atoms with Crippen molar-refractivity contribution in [3.8, 4) is 11.5 Å². The molecule has 1 aromatic carbocycles. The number of benzene rings is 1. The summed E-state index contributed by atoms with van der Waals surface area (Å²) >= 11 is 0. The molecular formula is C30H47NO8. The SMILES string of the molecule is CC(C)CCC(=O)Oc1ccc(C(CC(C)OC(=O)C(C)C(C)C)[C@H](N)C(=O)O)cc1OC(=O)CCC(C)C. The molecule has 0 radical (unpaired) electrons. The van der Waals surface area contributed by atoms with Crippen LogP contribution in [0.15, 0.2) is 18.2 Å². The highest BCUT2D eigenvalue weighted by Gasteiger charge is 2.31. The molecule has 0 saturated carbocycles. The van der Waals surface area contributed by atoms with Crippen LogP contribution in [0.5, 0.6) is 11.5 Å². The first kappa shape index (κ1) is 34.1. The molecule has 1 aromatic rings. The maximum atomic E-state index is 12.6. The van der Waals surface area contributed by atoms with Crippen LogP contribution in [0.3, 0.4) is 0 Å². The summed E-state index contributed by atoms with van der Waals surface area (Å²) in [5.41, 5.74) is 6.52. The highest BCUT2D eigenvalue weighted by molar-refractivity contribution is 5.77. The molecule has 0 bridgehead atoms. The Bertz CT molecular complexity index is 972. The lowest BCUT2D eigenvalue weighted by Crippen LogP contribution is -2.38. The van der Waals surface area contributed by atoms with E-state index in [0.717, 1.165) is 0 Å². The number of carboxylic acids is 1. The van der Waals surface area contributed by atoms with E-state index in [2.05, 4.69) is 0 Å². The highest BCUT2D eigenvalue weighted by Crippen LogP contribution is 2.35. The van der Waals surface area contributed by atoms with E-state index in [1.54, 1.807) is 19.9 Å². The summed E-state index contributed by atoms with van der Waals surface area (Å²) in [5.74, 6) is -2.89. The lowest BCUT2D eigenvalue weighted by Gasteiger charge is -2.26. The van der Waals surface area contributed by atoms with E-state index < -0.39 is 36.0 Å². The van der Waals surface area contributed by atoms with Gasteiger partial charge in [-0.2, -0.15) is 0 Å². The fourth-order valence-corrected chi connectivity index (χ4v) is 3.73. The van der Waals surface area contributed by atoms with Crippen LogP contribution in [0, 0.1) is 23.7 Å². The zero-order valence-electron chi connectivity index (χ0n) is 24.7. The van der Waals surface area contributed by atoms with E-state index in [4.69, 9.17) is 19.9 Å². The molecule has 39 heavy (non-hydrogen) atoms.